The summed E-state index contributed by atoms with van der Waals surface area (Å²) < 4.78 is 1.05. The quantitative estimate of drug-likeness (QED) is 0.722. The Bertz CT molecular complexity index is 464. The van der Waals surface area contributed by atoms with Gasteiger partial charge in [-0.3, -0.25) is 0 Å². The zero-order valence-corrected chi connectivity index (χ0v) is 9.35. The summed E-state index contributed by atoms with van der Waals surface area (Å²) in [6.45, 7) is 2.45. The number of aromatic nitrogens is 1. The fourth-order valence-corrected chi connectivity index (χ4v) is 2.31. The van der Waals surface area contributed by atoms with Crippen LogP contribution in [-0.4, -0.2) is 10.2 Å². The Morgan fingerprint density at radius 1 is 1.50 bits per heavy atom. The van der Waals surface area contributed by atoms with Gasteiger partial charge in [0.25, 0.3) is 0 Å². The highest BCUT2D eigenvalue weighted by Gasteiger charge is 2.09. The number of nitrogens with one attached hydrogen (secondary N) is 2. The van der Waals surface area contributed by atoms with Gasteiger partial charge >= 0.3 is 0 Å². The Hall–Kier alpha value is -0.840. The third kappa shape index (κ3) is 1.45. The van der Waals surface area contributed by atoms with Crippen LogP contribution in [0.15, 0.2) is 22.7 Å². The van der Waals surface area contributed by atoms with Gasteiger partial charge < -0.3 is 10.2 Å². The largest absolute Gasteiger partial charge is 0.358 e. The van der Waals surface area contributed by atoms with Gasteiger partial charge in [-0.1, -0.05) is 22.0 Å². The number of fused-ring (bicyclic) bond motifs is 1. The molecule has 1 aromatic carbocycles. The van der Waals surface area contributed by atoms with Gasteiger partial charge in [-0.15, -0.1) is 0 Å². The summed E-state index contributed by atoms with van der Waals surface area (Å²) in [7, 11) is 0. The number of aryl methyl sites for hydroxylation is 1. The van der Waals surface area contributed by atoms with Crippen molar-refractivity contribution >= 4 is 26.8 Å². The van der Waals surface area contributed by atoms with Crippen molar-refractivity contribution in [3.63, 3.8) is 0 Å². The number of hydrogen-bond acceptors (Lipinski definition) is 2. The molecule has 2 aromatic rings. The molecular formula is C10H11BrN2O. The monoisotopic (exact) mass is 254 g/mol. The summed E-state index contributed by atoms with van der Waals surface area (Å²) in [6, 6.07) is 6.00. The standard InChI is InChI=1S/C10H11BrN2O/c1-6-7(5-12-14)10-8(11)3-2-4-9(10)13-6/h2-4,12-14H,5H2,1H3. The lowest BCUT2D eigenvalue weighted by Gasteiger charge is -2.00. The fraction of sp³-hybridized carbons (Fsp3) is 0.200. The van der Waals surface area contributed by atoms with Crippen LogP contribution in [0, 0.1) is 6.92 Å². The molecule has 74 valence electrons. The molecule has 0 amide bonds. The molecule has 3 N–H and O–H groups in total. The van der Waals surface area contributed by atoms with Crippen LogP contribution in [0.1, 0.15) is 11.3 Å². The predicted molar refractivity (Wildman–Crippen MR) is 59.4 cm³/mol. The van der Waals surface area contributed by atoms with E-state index in [2.05, 4.69) is 26.4 Å². The number of H-pyrrole nitrogens is 1. The van der Waals surface area contributed by atoms with Crippen molar-refractivity contribution in [2.24, 2.45) is 0 Å². The van der Waals surface area contributed by atoms with Crippen LogP contribution in [-0.2, 0) is 6.54 Å². The molecule has 0 aliphatic rings. The van der Waals surface area contributed by atoms with Crippen molar-refractivity contribution in [2.45, 2.75) is 13.5 Å². The zero-order chi connectivity index (χ0) is 10.1. The van der Waals surface area contributed by atoms with Crippen LogP contribution in [0.3, 0.4) is 0 Å². The number of rotatable bonds is 2. The molecule has 0 unspecified atom stereocenters. The highest BCUT2D eigenvalue weighted by atomic mass is 79.9. The summed E-state index contributed by atoms with van der Waals surface area (Å²) >= 11 is 3.50. The second-order valence-corrected chi connectivity index (χ2v) is 4.08. The minimum absolute atomic E-state index is 0.453. The third-order valence-corrected chi connectivity index (χ3v) is 3.01. The molecule has 0 saturated heterocycles. The second-order valence-electron chi connectivity index (χ2n) is 3.23. The summed E-state index contributed by atoms with van der Waals surface area (Å²) in [6.07, 6.45) is 0. The molecule has 0 atom stereocenters. The highest BCUT2D eigenvalue weighted by molar-refractivity contribution is 9.10. The molecule has 0 spiro atoms. The van der Waals surface area contributed by atoms with Crippen LogP contribution in [0.25, 0.3) is 10.9 Å². The van der Waals surface area contributed by atoms with E-state index in [1.807, 2.05) is 25.1 Å². The zero-order valence-electron chi connectivity index (χ0n) is 7.76. The average Bonchev–Trinajstić information content (AvgIpc) is 2.45. The van der Waals surface area contributed by atoms with E-state index >= 15 is 0 Å². The van der Waals surface area contributed by atoms with Gasteiger partial charge in [0.1, 0.15) is 0 Å². The minimum Gasteiger partial charge on any atom is -0.358 e. The van der Waals surface area contributed by atoms with Crippen molar-refractivity contribution in [2.75, 3.05) is 0 Å². The fourth-order valence-electron chi connectivity index (χ4n) is 1.70. The van der Waals surface area contributed by atoms with Gasteiger partial charge in [-0.2, -0.15) is 0 Å². The van der Waals surface area contributed by atoms with Crippen molar-refractivity contribution in [1.82, 2.24) is 10.5 Å². The predicted octanol–water partition coefficient (Wildman–Crippen LogP) is 2.72. The molecule has 0 aliphatic heterocycles. The topological polar surface area (TPSA) is 48.0 Å². The molecule has 0 radical (unpaired) electrons. The molecular weight excluding hydrogens is 244 g/mol. The molecule has 0 saturated carbocycles. The molecule has 14 heavy (non-hydrogen) atoms. The molecule has 0 bridgehead atoms. The van der Waals surface area contributed by atoms with E-state index in [0.29, 0.717) is 6.54 Å². The summed E-state index contributed by atoms with van der Waals surface area (Å²) in [5.41, 5.74) is 5.44. The lowest BCUT2D eigenvalue weighted by Crippen LogP contribution is -2.06. The molecule has 0 fully saturated rings. The van der Waals surface area contributed by atoms with E-state index in [0.717, 1.165) is 26.6 Å². The maximum Gasteiger partial charge on any atom is 0.0482 e. The van der Waals surface area contributed by atoms with Crippen LogP contribution in [0.2, 0.25) is 0 Å². The van der Waals surface area contributed by atoms with Gasteiger partial charge in [0, 0.05) is 27.6 Å². The highest BCUT2D eigenvalue weighted by Crippen LogP contribution is 2.29. The van der Waals surface area contributed by atoms with Gasteiger partial charge in [0.2, 0.25) is 0 Å². The van der Waals surface area contributed by atoms with E-state index in [1.54, 1.807) is 0 Å². The maximum absolute atomic E-state index is 8.73. The van der Waals surface area contributed by atoms with Crippen molar-refractivity contribution < 1.29 is 5.21 Å². The Morgan fingerprint density at radius 3 is 3.00 bits per heavy atom. The number of benzene rings is 1. The Morgan fingerprint density at radius 2 is 2.29 bits per heavy atom. The first-order valence-corrected chi connectivity index (χ1v) is 5.16. The van der Waals surface area contributed by atoms with E-state index < -0.39 is 0 Å². The molecule has 3 nitrogen and oxygen atoms in total. The van der Waals surface area contributed by atoms with E-state index in [9.17, 15) is 0 Å². The molecule has 1 heterocycles. The Kier molecular flexibility index (Phi) is 2.58. The first kappa shape index (κ1) is 9.71. The molecule has 0 aliphatic carbocycles. The SMILES string of the molecule is Cc1[nH]c2cccc(Br)c2c1CNO. The van der Waals surface area contributed by atoms with Crippen molar-refractivity contribution in [1.29, 1.82) is 0 Å². The summed E-state index contributed by atoms with van der Waals surface area (Å²) in [4.78, 5) is 3.27. The third-order valence-electron chi connectivity index (χ3n) is 2.35. The Balaban J connectivity index is 2.73. The van der Waals surface area contributed by atoms with E-state index in [1.165, 1.54) is 0 Å². The van der Waals surface area contributed by atoms with Crippen LogP contribution < -0.4 is 5.48 Å². The van der Waals surface area contributed by atoms with E-state index in [4.69, 9.17) is 5.21 Å². The van der Waals surface area contributed by atoms with Gasteiger partial charge in [-0.05, 0) is 24.6 Å². The second kappa shape index (κ2) is 3.73. The number of hydrogen-bond donors (Lipinski definition) is 3. The number of halogens is 1. The van der Waals surface area contributed by atoms with Gasteiger partial charge in [-0.25, -0.2) is 5.48 Å². The first-order valence-electron chi connectivity index (χ1n) is 4.36. The average molecular weight is 255 g/mol. The Labute approximate surface area is 90.2 Å². The van der Waals surface area contributed by atoms with Crippen molar-refractivity contribution in [3.8, 4) is 0 Å². The lowest BCUT2D eigenvalue weighted by molar-refractivity contribution is 0.161. The smallest absolute Gasteiger partial charge is 0.0482 e. The molecule has 1 aromatic heterocycles. The lowest BCUT2D eigenvalue weighted by atomic mass is 10.1. The van der Waals surface area contributed by atoms with E-state index in [-0.39, 0.29) is 0 Å². The van der Waals surface area contributed by atoms with Gasteiger partial charge in [0.15, 0.2) is 0 Å². The minimum atomic E-state index is 0.453. The van der Waals surface area contributed by atoms with Crippen LogP contribution >= 0.6 is 15.9 Å². The van der Waals surface area contributed by atoms with Crippen LogP contribution in [0.5, 0.6) is 0 Å². The van der Waals surface area contributed by atoms with Crippen LogP contribution in [0.4, 0.5) is 0 Å². The van der Waals surface area contributed by atoms with Crippen molar-refractivity contribution in [3.05, 3.63) is 33.9 Å². The molecule has 2 rings (SSSR count). The first-order chi connectivity index (χ1) is 6.74. The van der Waals surface area contributed by atoms with Gasteiger partial charge in [0.05, 0.1) is 0 Å². The number of hydroxylamine groups is 1. The molecule has 4 heteroatoms. The maximum atomic E-state index is 8.73. The summed E-state index contributed by atoms with van der Waals surface area (Å²) in [5.74, 6) is 0. The normalized spacial score (nSPS) is 11.1. The number of aromatic amines is 1. The summed E-state index contributed by atoms with van der Waals surface area (Å²) in [5, 5.41) is 9.86.